The van der Waals surface area contributed by atoms with Crippen molar-refractivity contribution in [2.75, 3.05) is 11.9 Å². The van der Waals surface area contributed by atoms with E-state index < -0.39 is 0 Å². The number of hydrogen-bond acceptors (Lipinski definition) is 4. The van der Waals surface area contributed by atoms with Gasteiger partial charge in [-0.1, -0.05) is 31.5 Å². The molecule has 0 radical (unpaired) electrons. The normalized spacial score (nSPS) is 10.5. The van der Waals surface area contributed by atoms with E-state index >= 15 is 0 Å². The predicted octanol–water partition coefficient (Wildman–Crippen LogP) is 4.15. The number of hydrogen-bond donors (Lipinski definition) is 1. The molecule has 0 aliphatic heterocycles. The summed E-state index contributed by atoms with van der Waals surface area (Å²) in [6.07, 6.45) is 2.11. The first-order chi connectivity index (χ1) is 9.81. The van der Waals surface area contributed by atoms with Crippen molar-refractivity contribution in [1.29, 1.82) is 0 Å². The summed E-state index contributed by atoms with van der Waals surface area (Å²) in [7, 11) is 0. The highest BCUT2D eigenvalue weighted by atomic mass is 32.2. The van der Waals surface area contributed by atoms with E-state index in [-0.39, 0.29) is 0 Å². The Morgan fingerprint density at radius 2 is 1.90 bits per heavy atom. The van der Waals surface area contributed by atoms with Crippen molar-refractivity contribution < 1.29 is 0 Å². The maximum atomic E-state index is 4.65. The quantitative estimate of drug-likeness (QED) is 0.776. The van der Waals surface area contributed by atoms with Gasteiger partial charge in [0.1, 0.15) is 11.6 Å². The van der Waals surface area contributed by atoms with Crippen molar-refractivity contribution in [2.45, 2.75) is 37.3 Å². The van der Waals surface area contributed by atoms with E-state index in [1.807, 2.05) is 6.07 Å². The molecule has 1 heterocycles. The maximum absolute atomic E-state index is 4.65. The number of nitrogens with one attached hydrogen (secondary N) is 1. The summed E-state index contributed by atoms with van der Waals surface area (Å²) in [6, 6.07) is 12.4. The first kappa shape index (κ1) is 14.9. The van der Waals surface area contributed by atoms with Crippen LogP contribution in [0.1, 0.15) is 31.8 Å². The van der Waals surface area contributed by atoms with Crippen LogP contribution in [0.4, 0.5) is 5.82 Å². The predicted molar refractivity (Wildman–Crippen MR) is 86.2 cm³/mol. The SMILES string of the molecule is CCCc1cc(NCC)nc(CSc2ccccc2)n1. The number of nitrogens with zero attached hydrogens (tertiary/aromatic N) is 2. The number of aromatic nitrogens is 2. The molecular formula is C16H21N3S. The molecule has 2 rings (SSSR count). The van der Waals surface area contributed by atoms with Crippen LogP contribution in [0.2, 0.25) is 0 Å². The largest absolute Gasteiger partial charge is 0.370 e. The van der Waals surface area contributed by atoms with E-state index in [9.17, 15) is 0 Å². The number of benzene rings is 1. The highest BCUT2D eigenvalue weighted by Gasteiger charge is 2.05. The van der Waals surface area contributed by atoms with Gasteiger partial charge in [-0.25, -0.2) is 9.97 Å². The van der Waals surface area contributed by atoms with Gasteiger partial charge in [0.15, 0.2) is 0 Å². The van der Waals surface area contributed by atoms with Crippen LogP contribution in [0.5, 0.6) is 0 Å². The molecule has 1 aromatic heterocycles. The fourth-order valence-corrected chi connectivity index (χ4v) is 2.71. The molecule has 1 aromatic carbocycles. The third kappa shape index (κ3) is 4.53. The summed E-state index contributed by atoms with van der Waals surface area (Å²) in [5.74, 6) is 2.65. The molecule has 4 heteroatoms. The molecular weight excluding hydrogens is 266 g/mol. The maximum Gasteiger partial charge on any atom is 0.141 e. The molecule has 2 aromatic rings. The highest BCUT2D eigenvalue weighted by molar-refractivity contribution is 7.98. The lowest BCUT2D eigenvalue weighted by Crippen LogP contribution is -2.05. The Labute approximate surface area is 125 Å². The Balaban J connectivity index is 2.09. The summed E-state index contributed by atoms with van der Waals surface area (Å²) in [5, 5.41) is 3.28. The van der Waals surface area contributed by atoms with E-state index in [0.717, 1.165) is 42.5 Å². The van der Waals surface area contributed by atoms with Gasteiger partial charge >= 0.3 is 0 Å². The minimum atomic E-state index is 0.806. The molecule has 0 saturated carbocycles. The van der Waals surface area contributed by atoms with Crippen molar-refractivity contribution >= 4 is 17.6 Å². The molecule has 106 valence electrons. The molecule has 0 saturated heterocycles. The lowest BCUT2D eigenvalue weighted by atomic mass is 10.2. The Morgan fingerprint density at radius 1 is 1.10 bits per heavy atom. The van der Waals surface area contributed by atoms with Gasteiger partial charge in [0, 0.05) is 23.2 Å². The third-order valence-corrected chi connectivity index (χ3v) is 3.81. The second-order valence-corrected chi connectivity index (χ2v) is 5.59. The van der Waals surface area contributed by atoms with Crippen molar-refractivity contribution in [3.05, 3.63) is 47.9 Å². The third-order valence-electron chi connectivity index (χ3n) is 2.80. The van der Waals surface area contributed by atoms with Crippen LogP contribution in [0.15, 0.2) is 41.3 Å². The molecule has 3 nitrogen and oxygen atoms in total. The van der Waals surface area contributed by atoms with Crippen molar-refractivity contribution in [3.8, 4) is 0 Å². The molecule has 0 aliphatic carbocycles. The smallest absolute Gasteiger partial charge is 0.141 e. The first-order valence-corrected chi connectivity index (χ1v) is 8.09. The zero-order valence-corrected chi connectivity index (χ0v) is 12.9. The van der Waals surface area contributed by atoms with Crippen molar-refractivity contribution in [3.63, 3.8) is 0 Å². The number of thioether (sulfide) groups is 1. The summed E-state index contributed by atoms with van der Waals surface area (Å²) in [5.41, 5.74) is 1.13. The Bertz CT molecular complexity index is 504. The minimum absolute atomic E-state index is 0.806. The van der Waals surface area contributed by atoms with E-state index in [2.05, 4.69) is 59.5 Å². The highest BCUT2D eigenvalue weighted by Crippen LogP contribution is 2.21. The monoisotopic (exact) mass is 287 g/mol. The van der Waals surface area contributed by atoms with Gasteiger partial charge in [0.2, 0.25) is 0 Å². The minimum Gasteiger partial charge on any atom is -0.370 e. The molecule has 0 fully saturated rings. The first-order valence-electron chi connectivity index (χ1n) is 7.10. The molecule has 0 amide bonds. The zero-order valence-electron chi connectivity index (χ0n) is 12.1. The molecule has 0 atom stereocenters. The van der Waals surface area contributed by atoms with Gasteiger partial charge in [-0.3, -0.25) is 0 Å². The average molecular weight is 287 g/mol. The Morgan fingerprint density at radius 3 is 2.60 bits per heavy atom. The van der Waals surface area contributed by atoms with Crippen LogP contribution >= 0.6 is 11.8 Å². The lowest BCUT2D eigenvalue weighted by molar-refractivity contribution is 0.853. The summed E-state index contributed by atoms with van der Waals surface area (Å²) in [6.45, 7) is 5.14. The molecule has 0 aliphatic rings. The van der Waals surface area contributed by atoms with Crippen LogP contribution < -0.4 is 5.32 Å². The molecule has 0 spiro atoms. The lowest BCUT2D eigenvalue weighted by Gasteiger charge is -2.08. The fraction of sp³-hybridized carbons (Fsp3) is 0.375. The van der Waals surface area contributed by atoms with Gasteiger partial charge in [0.25, 0.3) is 0 Å². The van der Waals surface area contributed by atoms with Crippen LogP contribution in [0.3, 0.4) is 0 Å². The number of aryl methyl sites for hydroxylation is 1. The van der Waals surface area contributed by atoms with Crippen LogP contribution in [-0.2, 0) is 12.2 Å². The standard InChI is InChI=1S/C16H21N3S/c1-3-8-13-11-15(17-4-2)19-16(18-13)12-20-14-9-6-5-7-10-14/h5-7,9-11H,3-4,8,12H2,1-2H3,(H,17,18,19). The fourth-order valence-electron chi connectivity index (χ4n) is 1.94. The van der Waals surface area contributed by atoms with Crippen molar-refractivity contribution in [2.24, 2.45) is 0 Å². The second kappa shape index (κ2) is 7.90. The summed E-state index contributed by atoms with van der Waals surface area (Å²) >= 11 is 1.77. The number of rotatable bonds is 7. The van der Waals surface area contributed by atoms with E-state index in [0.29, 0.717) is 0 Å². The molecule has 0 bridgehead atoms. The Hall–Kier alpha value is -1.55. The topological polar surface area (TPSA) is 37.8 Å². The van der Waals surface area contributed by atoms with Gasteiger partial charge in [0.05, 0.1) is 5.75 Å². The zero-order chi connectivity index (χ0) is 14.2. The van der Waals surface area contributed by atoms with E-state index in [4.69, 9.17) is 0 Å². The van der Waals surface area contributed by atoms with Gasteiger partial charge in [-0.2, -0.15) is 0 Å². The van der Waals surface area contributed by atoms with E-state index in [1.54, 1.807) is 11.8 Å². The van der Waals surface area contributed by atoms with E-state index in [1.165, 1.54) is 4.90 Å². The average Bonchev–Trinajstić information content (AvgIpc) is 2.47. The summed E-state index contributed by atoms with van der Waals surface area (Å²) < 4.78 is 0. The molecule has 1 N–H and O–H groups in total. The van der Waals surface area contributed by atoms with Crippen LogP contribution in [0.25, 0.3) is 0 Å². The van der Waals surface area contributed by atoms with Gasteiger partial charge in [-0.15, -0.1) is 11.8 Å². The number of anilines is 1. The van der Waals surface area contributed by atoms with Crippen molar-refractivity contribution in [1.82, 2.24) is 9.97 Å². The Kier molecular flexibility index (Phi) is 5.87. The molecule has 0 unspecified atom stereocenters. The van der Waals surface area contributed by atoms with Gasteiger partial charge in [-0.05, 0) is 25.5 Å². The van der Waals surface area contributed by atoms with Crippen LogP contribution in [0, 0.1) is 0 Å². The summed E-state index contributed by atoms with van der Waals surface area (Å²) in [4.78, 5) is 10.5. The molecule has 20 heavy (non-hydrogen) atoms. The van der Waals surface area contributed by atoms with Gasteiger partial charge < -0.3 is 5.32 Å². The van der Waals surface area contributed by atoms with Crippen LogP contribution in [-0.4, -0.2) is 16.5 Å². The second-order valence-electron chi connectivity index (χ2n) is 4.54.